The Kier molecular flexibility index (Phi) is 5.27. The summed E-state index contributed by atoms with van der Waals surface area (Å²) >= 11 is 0. The van der Waals surface area contributed by atoms with E-state index in [0.29, 0.717) is 5.78 Å². The van der Waals surface area contributed by atoms with Crippen molar-refractivity contribution in [1.29, 1.82) is 0 Å². The van der Waals surface area contributed by atoms with Gasteiger partial charge in [0.1, 0.15) is 12.1 Å². The molecule has 1 amide bonds. The highest BCUT2D eigenvalue weighted by molar-refractivity contribution is 5.79. The van der Waals surface area contributed by atoms with Crippen molar-refractivity contribution in [1.82, 2.24) is 24.9 Å². The average molecular weight is 330 g/mol. The number of carbonyl (C=O) groups excluding carboxylic acids is 1. The van der Waals surface area contributed by atoms with Gasteiger partial charge in [-0.15, -0.1) is 0 Å². The number of carbonyl (C=O) groups is 1. The highest BCUT2D eigenvalue weighted by Crippen LogP contribution is 2.24. The van der Waals surface area contributed by atoms with E-state index in [2.05, 4.69) is 45.2 Å². The Labute approximate surface area is 142 Å². The second kappa shape index (κ2) is 7.59. The molecule has 1 aliphatic rings. The van der Waals surface area contributed by atoms with Crippen LogP contribution in [0.4, 0.5) is 5.82 Å². The summed E-state index contributed by atoms with van der Waals surface area (Å²) in [5, 5.41) is 7.37. The van der Waals surface area contributed by atoms with E-state index in [0.717, 1.165) is 63.3 Å². The van der Waals surface area contributed by atoms with E-state index >= 15 is 0 Å². The highest BCUT2D eigenvalue weighted by Gasteiger charge is 2.27. The summed E-state index contributed by atoms with van der Waals surface area (Å²) in [4.78, 5) is 23.4. The van der Waals surface area contributed by atoms with Gasteiger partial charge < -0.3 is 10.2 Å². The van der Waals surface area contributed by atoms with Gasteiger partial charge in [-0.1, -0.05) is 20.3 Å². The second-order valence-electron chi connectivity index (χ2n) is 6.36. The molecular formula is C17H26N6O. The number of rotatable bonds is 6. The lowest BCUT2D eigenvalue weighted by atomic mass is 9.97. The van der Waals surface area contributed by atoms with Crippen molar-refractivity contribution in [2.24, 2.45) is 5.92 Å². The topological polar surface area (TPSA) is 75.4 Å². The van der Waals surface area contributed by atoms with Crippen LogP contribution in [0.3, 0.4) is 0 Å². The Morgan fingerprint density at radius 2 is 2.29 bits per heavy atom. The van der Waals surface area contributed by atoms with Crippen molar-refractivity contribution < 1.29 is 4.79 Å². The lowest BCUT2D eigenvalue weighted by Gasteiger charge is -2.33. The van der Waals surface area contributed by atoms with E-state index in [-0.39, 0.29) is 11.8 Å². The van der Waals surface area contributed by atoms with Gasteiger partial charge in [0.15, 0.2) is 0 Å². The Bertz CT molecular complexity index is 697. The fourth-order valence-corrected chi connectivity index (χ4v) is 3.18. The molecule has 1 fully saturated rings. The van der Waals surface area contributed by atoms with E-state index in [1.165, 1.54) is 6.33 Å². The minimum atomic E-state index is 0.0346. The average Bonchev–Trinajstić information content (AvgIpc) is 3.09. The molecule has 2 aromatic heterocycles. The molecule has 3 rings (SSSR count). The maximum atomic E-state index is 12.4. The monoisotopic (exact) mass is 330 g/mol. The van der Waals surface area contributed by atoms with Crippen molar-refractivity contribution in [2.75, 3.05) is 24.5 Å². The molecule has 7 heteroatoms. The standard InChI is InChI=1S/C17H26N6O/c1-3-5-8-18-16(24)13-7-6-9-22(11-13)15-10-14(4-2)21-17-19-12-20-23(15)17/h10,12-13H,3-9,11H2,1-2H3,(H,18,24). The maximum absolute atomic E-state index is 12.4. The number of anilines is 1. The lowest BCUT2D eigenvalue weighted by molar-refractivity contribution is -0.125. The number of piperidine rings is 1. The number of aromatic nitrogens is 4. The van der Waals surface area contributed by atoms with E-state index in [4.69, 9.17) is 0 Å². The summed E-state index contributed by atoms with van der Waals surface area (Å²) in [5.41, 5.74) is 1.00. The Morgan fingerprint density at radius 3 is 3.08 bits per heavy atom. The van der Waals surface area contributed by atoms with Crippen LogP contribution in [0.25, 0.3) is 5.78 Å². The molecule has 7 nitrogen and oxygen atoms in total. The molecule has 0 saturated carbocycles. The first-order valence-electron chi connectivity index (χ1n) is 8.95. The van der Waals surface area contributed by atoms with Crippen molar-refractivity contribution in [3.8, 4) is 0 Å². The largest absolute Gasteiger partial charge is 0.356 e. The van der Waals surface area contributed by atoms with Crippen LogP contribution in [-0.2, 0) is 11.2 Å². The number of unbranched alkanes of at least 4 members (excludes halogenated alkanes) is 1. The van der Waals surface area contributed by atoms with E-state index in [1.54, 1.807) is 4.52 Å². The van der Waals surface area contributed by atoms with Gasteiger partial charge in [0.2, 0.25) is 5.91 Å². The van der Waals surface area contributed by atoms with Crippen molar-refractivity contribution in [3.63, 3.8) is 0 Å². The summed E-state index contributed by atoms with van der Waals surface area (Å²) in [5.74, 6) is 1.82. The van der Waals surface area contributed by atoms with E-state index in [9.17, 15) is 4.79 Å². The van der Waals surface area contributed by atoms with Gasteiger partial charge in [0.25, 0.3) is 5.78 Å². The van der Waals surface area contributed by atoms with Gasteiger partial charge in [0, 0.05) is 31.4 Å². The molecule has 1 atom stereocenters. The highest BCUT2D eigenvalue weighted by atomic mass is 16.1. The fourth-order valence-electron chi connectivity index (χ4n) is 3.18. The molecule has 130 valence electrons. The summed E-state index contributed by atoms with van der Waals surface area (Å²) in [6.45, 7) is 6.64. The molecular weight excluding hydrogens is 304 g/mol. The molecule has 1 unspecified atom stereocenters. The van der Waals surface area contributed by atoms with Gasteiger partial charge in [-0.2, -0.15) is 14.6 Å². The molecule has 24 heavy (non-hydrogen) atoms. The minimum absolute atomic E-state index is 0.0346. The molecule has 2 aromatic rings. The minimum Gasteiger partial charge on any atom is -0.356 e. The van der Waals surface area contributed by atoms with Gasteiger partial charge in [-0.25, -0.2) is 4.98 Å². The molecule has 1 saturated heterocycles. The molecule has 0 spiro atoms. The number of fused-ring (bicyclic) bond motifs is 1. The van der Waals surface area contributed by atoms with Crippen LogP contribution in [0.1, 0.15) is 45.2 Å². The van der Waals surface area contributed by atoms with Crippen molar-refractivity contribution in [2.45, 2.75) is 46.0 Å². The predicted molar refractivity (Wildman–Crippen MR) is 93.0 cm³/mol. The van der Waals surface area contributed by atoms with Gasteiger partial charge in [-0.05, 0) is 25.7 Å². The molecule has 3 heterocycles. The normalized spacial score (nSPS) is 18.1. The number of amides is 1. The number of nitrogens with zero attached hydrogens (tertiary/aromatic N) is 5. The first-order chi connectivity index (χ1) is 11.7. The molecule has 0 aliphatic carbocycles. The predicted octanol–water partition coefficient (Wildman–Crippen LogP) is 1.82. The fraction of sp³-hybridized carbons (Fsp3) is 0.647. The number of hydrogen-bond donors (Lipinski definition) is 1. The van der Waals surface area contributed by atoms with Crippen LogP contribution in [-0.4, -0.2) is 45.1 Å². The molecule has 1 N–H and O–H groups in total. The number of hydrogen-bond acceptors (Lipinski definition) is 5. The molecule has 1 aliphatic heterocycles. The van der Waals surface area contributed by atoms with Gasteiger partial charge in [0.05, 0.1) is 5.92 Å². The van der Waals surface area contributed by atoms with Crippen molar-refractivity contribution >= 4 is 17.5 Å². The van der Waals surface area contributed by atoms with Crippen LogP contribution < -0.4 is 10.2 Å². The molecule has 0 aromatic carbocycles. The van der Waals surface area contributed by atoms with Crippen LogP contribution in [0.2, 0.25) is 0 Å². The number of nitrogens with one attached hydrogen (secondary N) is 1. The number of aryl methyl sites for hydroxylation is 1. The summed E-state index contributed by atoms with van der Waals surface area (Å²) in [6.07, 6.45) is 6.46. The van der Waals surface area contributed by atoms with Crippen LogP contribution >= 0.6 is 0 Å². The van der Waals surface area contributed by atoms with E-state index in [1.807, 2.05) is 0 Å². The lowest BCUT2D eigenvalue weighted by Crippen LogP contribution is -2.44. The first-order valence-corrected chi connectivity index (χ1v) is 8.95. The third-order valence-electron chi connectivity index (χ3n) is 4.59. The summed E-state index contributed by atoms with van der Waals surface area (Å²) < 4.78 is 1.77. The summed E-state index contributed by atoms with van der Waals surface area (Å²) in [6, 6.07) is 2.07. The Morgan fingerprint density at radius 1 is 1.42 bits per heavy atom. The Hall–Kier alpha value is -2.18. The second-order valence-corrected chi connectivity index (χ2v) is 6.36. The quantitative estimate of drug-likeness (QED) is 0.818. The summed E-state index contributed by atoms with van der Waals surface area (Å²) in [7, 11) is 0. The third kappa shape index (κ3) is 3.49. The van der Waals surface area contributed by atoms with Crippen LogP contribution in [0, 0.1) is 5.92 Å². The van der Waals surface area contributed by atoms with Crippen molar-refractivity contribution in [3.05, 3.63) is 18.1 Å². The maximum Gasteiger partial charge on any atom is 0.254 e. The van der Waals surface area contributed by atoms with Gasteiger partial charge in [-0.3, -0.25) is 4.79 Å². The van der Waals surface area contributed by atoms with E-state index < -0.39 is 0 Å². The van der Waals surface area contributed by atoms with Crippen LogP contribution in [0.5, 0.6) is 0 Å². The molecule has 0 bridgehead atoms. The smallest absolute Gasteiger partial charge is 0.254 e. The zero-order valence-electron chi connectivity index (χ0n) is 14.5. The SMILES string of the molecule is CCCCNC(=O)C1CCCN(c2cc(CC)nc3ncnn23)C1. The first kappa shape index (κ1) is 16.7. The van der Waals surface area contributed by atoms with Crippen LogP contribution in [0.15, 0.2) is 12.4 Å². The van der Waals surface area contributed by atoms with Gasteiger partial charge >= 0.3 is 0 Å². The third-order valence-corrected chi connectivity index (χ3v) is 4.59. The molecule has 0 radical (unpaired) electrons. The Balaban J connectivity index is 1.77. The zero-order valence-corrected chi connectivity index (χ0v) is 14.5. The zero-order chi connectivity index (χ0) is 16.9.